The first kappa shape index (κ1) is 62.8. The van der Waals surface area contributed by atoms with Gasteiger partial charge in [-0.15, -0.1) is 29.6 Å². The summed E-state index contributed by atoms with van der Waals surface area (Å²) in [7, 11) is 1.55. The maximum atomic E-state index is 15.3. The molecular weight excluding hydrogens is 1180 g/mol. The van der Waals surface area contributed by atoms with Crippen molar-refractivity contribution in [2.24, 2.45) is 16.7 Å². The van der Waals surface area contributed by atoms with Gasteiger partial charge in [-0.1, -0.05) is 39.2 Å². The molecule has 9 heterocycles. The number of piperazine rings is 1. The van der Waals surface area contributed by atoms with E-state index in [1.165, 1.54) is 33.8 Å². The maximum Gasteiger partial charge on any atom is 0.575 e. The third-order valence-electron chi connectivity index (χ3n) is 19.4. The number of pyridine rings is 1. The van der Waals surface area contributed by atoms with E-state index in [0.717, 1.165) is 81.4 Å². The average Bonchev–Trinajstić information content (AvgIpc) is 1.67. The van der Waals surface area contributed by atoms with Gasteiger partial charge in [0.15, 0.2) is 0 Å². The number of halogens is 6. The van der Waals surface area contributed by atoms with Crippen molar-refractivity contribution in [3.8, 4) is 28.5 Å². The number of hydrazine groups is 1. The molecule has 7 aliphatic rings. The van der Waals surface area contributed by atoms with Gasteiger partial charge in [-0.2, -0.15) is 22.8 Å². The summed E-state index contributed by atoms with van der Waals surface area (Å²) in [6.45, 7) is 12.6. The largest absolute Gasteiger partial charge is 0.575 e. The molecule has 2 aliphatic carbocycles. The molecule has 12 rings (SSSR count). The number of fused-ring (bicyclic) bond motifs is 6. The number of carbonyl (C=O) groups is 4. The van der Waals surface area contributed by atoms with Crippen molar-refractivity contribution in [2.75, 3.05) is 71.0 Å². The van der Waals surface area contributed by atoms with Crippen LogP contribution in [0.15, 0.2) is 42.2 Å². The van der Waals surface area contributed by atoms with Crippen LogP contribution < -0.4 is 20.4 Å². The van der Waals surface area contributed by atoms with Gasteiger partial charge >= 0.3 is 30.5 Å². The van der Waals surface area contributed by atoms with Gasteiger partial charge in [0.25, 0.3) is 5.91 Å². The predicted octanol–water partition coefficient (Wildman–Crippen LogP) is 9.31. The van der Waals surface area contributed by atoms with Crippen LogP contribution in [0.5, 0.6) is 6.01 Å². The molecule has 482 valence electrons. The smallest absolute Gasteiger partial charge is 0.464 e. The average molecular weight is 1260 g/mol. The van der Waals surface area contributed by atoms with Crippen molar-refractivity contribution in [3.05, 3.63) is 58.4 Å². The fourth-order valence-corrected chi connectivity index (χ4v) is 15.5. The molecule has 2 N–H and O–H groups in total. The summed E-state index contributed by atoms with van der Waals surface area (Å²) in [4.78, 5) is 81.0. The Hall–Kier alpha value is -6.42. The number of hydrogen-bond acceptors (Lipinski definition) is 16. The summed E-state index contributed by atoms with van der Waals surface area (Å²) in [5.74, 6) is -1.48. The number of cyclic esters (lactones) is 1. The molecule has 0 radical (unpaired) electrons. The number of thiazole rings is 1. The zero-order chi connectivity index (χ0) is 63.0. The van der Waals surface area contributed by atoms with Gasteiger partial charge in [0, 0.05) is 116 Å². The number of nitrogens with one attached hydrogen (secondary N) is 2. The van der Waals surface area contributed by atoms with Gasteiger partial charge in [0.2, 0.25) is 5.91 Å². The second kappa shape index (κ2) is 24.3. The fraction of sp³-hybridized carbons (Fsp3) is 0.645. The molecule has 6 fully saturated rings. The second-order valence-corrected chi connectivity index (χ2v) is 28.1. The molecule has 89 heavy (non-hydrogen) atoms. The first-order valence-electron chi connectivity index (χ1n) is 31.2. The Balaban J connectivity index is 0.875. The summed E-state index contributed by atoms with van der Waals surface area (Å²) < 4.78 is 103. The summed E-state index contributed by atoms with van der Waals surface area (Å²) >= 11 is 1.30. The van der Waals surface area contributed by atoms with Crippen LogP contribution in [-0.2, 0) is 43.2 Å². The van der Waals surface area contributed by atoms with Gasteiger partial charge in [0.1, 0.15) is 25.0 Å². The topological polar surface area (TPSA) is 198 Å². The lowest BCUT2D eigenvalue weighted by atomic mass is 9.73. The van der Waals surface area contributed by atoms with E-state index in [4.69, 9.17) is 19.4 Å². The molecule has 1 aromatic carbocycles. The molecular formula is C62H79F6N13O7S. The third-order valence-corrected chi connectivity index (χ3v) is 20.3. The summed E-state index contributed by atoms with van der Waals surface area (Å²) in [6.07, 6.45) is 1.18. The zero-order valence-electron chi connectivity index (χ0n) is 51.2. The predicted molar refractivity (Wildman–Crippen MR) is 318 cm³/mol. The van der Waals surface area contributed by atoms with Gasteiger partial charge < -0.3 is 33.9 Å². The molecule has 4 atom stereocenters. The minimum Gasteiger partial charge on any atom is -0.464 e. The highest BCUT2D eigenvalue weighted by atomic mass is 32.1. The van der Waals surface area contributed by atoms with Gasteiger partial charge in [-0.25, -0.2) is 15.2 Å². The maximum absolute atomic E-state index is 15.3. The van der Waals surface area contributed by atoms with E-state index in [2.05, 4.69) is 40.3 Å². The van der Waals surface area contributed by atoms with Gasteiger partial charge in [-0.05, 0) is 108 Å². The molecule has 3 amide bonds. The fourth-order valence-electron chi connectivity index (χ4n) is 14.7. The van der Waals surface area contributed by atoms with Crippen LogP contribution in [0.2, 0.25) is 0 Å². The zero-order valence-corrected chi connectivity index (χ0v) is 52.0. The van der Waals surface area contributed by atoms with E-state index in [1.54, 1.807) is 30.3 Å². The van der Waals surface area contributed by atoms with E-state index in [9.17, 15) is 22.8 Å². The Morgan fingerprint density at radius 1 is 0.910 bits per heavy atom. The molecule has 20 nitrogen and oxygen atoms in total. The summed E-state index contributed by atoms with van der Waals surface area (Å²) in [5.41, 5.74) is 5.35. The summed E-state index contributed by atoms with van der Waals surface area (Å²) in [6, 6.07) is 3.49. The first-order chi connectivity index (χ1) is 42.2. The number of likely N-dealkylation sites (tertiary alicyclic amines) is 2. The number of benzene rings is 1. The lowest BCUT2D eigenvalue weighted by Crippen LogP contribution is -2.69. The van der Waals surface area contributed by atoms with Crippen LogP contribution in [0.1, 0.15) is 128 Å². The van der Waals surface area contributed by atoms with Crippen molar-refractivity contribution in [3.63, 3.8) is 0 Å². The molecule has 4 saturated heterocycles. The van der Waals surface area contributed by atoms with E-state index in [0.29, 0.717) is 88.1 Å². The van der Waals surface area contributed by atoms with Crippen molar-refractivity contribution in [1.29, 1.82) is 0 Å². The number of amides is 3. The van der Waals surface area contributed by atoms with Crippen LogP contribution in [-0.4, -0.2) is 181 Å². The first-order valence-corrected chi connectivity index (χ1v) is 32.1. The number of nitrogens with zero attached hydrogens (tertiary/aromatic N) is 11. The standard InChI is InChI=1S/C62H79F6N13O7S/c1-37(86-6)50-43(26-41(29-69-50)76-23-21-75(22-24-76)40-15-16-40)52-44-28-58(2,3)35-87-55(84)45-13-9-20-80(73-45)54(83)46(27-49-71-47(30-89-49)39-14-17-48(42(44)25-39)78(52)34-61(63,64)65)72-53(82)51(38-11-7-8-12-38)77-31-60(32-77)19-10-18-59(4,5)79(33-60)57(85)81-36-70-56(74-81)88-62(66,67)68/h14,17,25-26,29-30,36-38,40,45-46,51,73H,7-13,15-16,18-24,27-28,31-35H2,1-6H3,(H,72,82)/t37-,45-,46-,51-/m0/s1. The van der Waals surface area contributed by atoms with Crippen LogP contribution in [0.3, 0.4) is 0 Å². The quantitative estimate of drug-likeness (QED) is 0.0937. The summed E-state index contributed by atoms with van der Waals surface area (Å²) in [5, 5.41) is 11.2. The Morgan fingerprint density at radius 2 is 1.66 bits per heavy atom. The number of anilines is 1. The molecule has 1 spiro atoms. The van der Waals surface area contributed by atoms with Crippen LogP contribution in [0.4, 0.5) is 36.8 Å². The molecule has 27 heteroatoms. The van der Waals surface area contributed by atoms with Crippen LogP contribution >= 0.6 is 11.3 Å². The SMILES string of the molecule is CO[C@@H](C)c1ncc(N2CCN(C3CC3)CC2)cc1-c1c2c3cc(ccc3n1CC(F)(F)F)-c1csc(n1)C[C@H](NC(=O)[C@H](C1CCCC1)N1CC3(CCCC(C)(C)N(C(=O)n4cnc(OC(F)(F)F)n4)C3)C1)C(=O)N1CCC[C@H](N1)C(=O)OCC(C)(C)C2. The molecule has 4 aromatic heterocycles. The molecule has 5 aromatic rings. The van der Waals surface area contributed by atoms with Gasteiger partial charge in [-0.3, -0.25) is 34.2 Å². The number of aromatic nitrogens is 6. The Kier molecular flexibility index (Phi) is 17.2. The Morgan fingerprint density at radius 3 is 2.37 bits per heavy atom. The minimum atomic E-state index is -5.05. The van der Waals surface area contributed by atoms with Crippen LogP contribution in [0.25, 0.3) is 33.4 Å². The number of rotatable bonds is 11. The number of ether oxygens (including phenoxy) is 3. The van der Waals surface area contributed by atoms with E-state index < -0.39 is 83.6 Å². The van der Waals surface area contributed by atoms with E-state index in [-0.39, 0.29) is 44.4 Å². The lowest BCUT2D eigenvalue weighted by Gasteiger charge is -2.55. The number of hydrogen-bond donors (Lipinski definition) is 2. The lowest BCUT2D eigenvalue weighted by molar-refractivity contribution is -0.277. The van der Waals surface area contributed by atoms with E-state index >= 15 is 22.8 Å². The molecule has 0 unspecified atom stereocenters. The van der Waals surface area contributed by atoms with Crippen molar-refractivity contribution in [1.82, 2.24) is 59.8 Å². The highest BCUT2D eigenvalue weighted by Crippen LogP contribution is 2.47. The van der Waals surface area contributed by atoms with Gasteiger partial charge in [0.05, 0.1) is 52.7 Å². The number of methoxy groups -OCH3 is 1. The second-order valence-electron chi connectivity index (χ2n) is 27.1. The Bertz CT molecular complexity index is 3450. The highest BCUT2D eigenvalue weighted by Gasteiger charge is 2.54. The Labute approximate surface area is 516 Å². The minimum absolute atomic E-state index is 0.0265. The number of alkyl halides is 6. The molecule has 6 bridgehead atoms. The third kappa shape index (κ3) is 13.5. The van der Waals surface area contributed by atoms with Crippen molar-refractivity contribution in [2.45, 2.75) is 173 Å². The molecule has 5 aliphatic heterocycles. The monoisotopic (exact) mass is 1260 g/mol. The number of esters is 1. The highest BCUT2D eigenvalue weighted by molar-refractivity contribution is 7.10. The van der Waals surface area contributed by atoms with Crippen molar-refractivity contribution < 1.29 is 59.7 Å². The van der Waals surface area contributed by atoms with Crippen LogP contribution in [0, 0.1) is 16.7 Å². The number of carbonyl (C=O) groups excluding carboxylic acids is 4. The normalized spacial score (nSPS) is 23.8. The van der Waals surface area contributed by atoms with E-state index in [1.807, 2.05) is 52.1 Å². The van der Waals surface area contributed by atoms with Crippen molar-refractivity contribution >= 4 is 51.7 Å². The molecule has 2 saturated carbocycles.